The molecule has 0 radical (unpaired) electrons. The number of carboxylic acid groups (broad SMARTS) is 1. The van der Waals surface area contributed by atoms with E-state index >= 15 is 0 Å². The summed E-state index contributed by atoms with van der Waals surface area (Å²) in [5.41, 5.74) is 4.84. The lowest BCUT2D eigenvalue weighted by molar-refractivity contribution is -0.133. The number of urea groups is 1. The third-order valence-electron chi connectivity index (χ3n) is 9.79. The monoisotopic (exact) mass is 773 g/mol. The number of nitrogens with zero attached hydrogens (tertiary/aromatic N) is 4. The van der Waals surface area contributed by atoms with Crippen LogP contribution in [0.25, 0.3) is 0 Å². The number of carbonyl (C=O) groups excluding carboxylic acids is 3. The van der Waals surface area contributed by atoms with Crippen molar-refractivity contribution >= 4 is 23.9 Å². The molecule has 1 fully saturated rings. The Morgan fingerprint density at radius 2 is 1.55 bits per heavy atom. The first kappa shape index (κ1) is 43.5. The first-order chi connectivity index (χ1) is 26.3. The maximum atomic E-state index is 14.5. The zero-order chi connectivity index (χ0) is 41.2. The third kappa shape index (κ3) is 12.4. The molecule has 0 saturated carbocycles. The highest BCUT2D eigenvalue weighted by molar-refractivity contribution is 5.89. The van der Waals surface area contributed by atoms with Gasteiger partial charge in [0.05, 0.1) is 19.3 Å². The second-order valence-corrected chi connectivity index (χ2v) is 16.6. The van der Waals surface area contributed by atoms with Crippen LogP contribution in [0.5, 0.6) is 5.75 Å². The molecule has 304 valence electrons. The molecule has 0 unspecified atom stereocenters. The van der Waals surface area contributed by atoms with Crippen molar-refractivity contribution in [2.24, 2.45) is 10.8 Å². The minimum absolute atomic E-state index is 0.136. The minimum atomic E-state index is -1.34. The van der Waals surface area contributed by atoms with Crippen LogP contribution in [-0.4, -0.2) is 111 Å². The number of aliphatic hydroxyl groups excluding tert-OH is 1. The molecule has 4 atom stereocenters. The second-order valence-electron chi connectivity index (χ2n) is 16.6. The summed E-state index contributed by atoms with van der Waals surface area (Å²) in [5, 5.41) is 28.5. The SMILES string of the molecule is COc1ccc(CN(C[C@H](O)[C@@H](Cc2ccccc2)NC(=O)[C@@H](N2CCN(CCc3cccc(C)n3)C2=O)C(C)(C)C)NC(=O)[C@@H](NC(=O)O)C(C)(C)C)cc1. The fourth-order valence-electron chi connectivity index (χ4n) is 6.93. The fraction of sp³-hybridized carbons (Fsp3) is 0.500. The number of benzene rings is 2. The number of ether oxygens (including phenoxy) is 1. The van der Waals surface area contributed by atoms with Crippen LogP contribution in [-0.2, 0) is 29.0 Å². The Morgan fingerprint density at radius 3 is 2.14 bits per heavy atom. The number of nitrogens with one attached hydrogen (secondary N) is 3. The summed E-state index contributed by atoms with van der Waals surface area (Å²) in [6.45, 7) is 14.2. The van der Waals surface area contributed by atoms with Gasteiger partial charge < -0.3 is 35.4 Å². The highest BCUT2D eigenvalue weighted by atomic mass is 16.5. The Morgan fingerprint density at radius 1 is 0.875 bits per heavy atom. The number of aryl methyl sites for hydroxylation is 1. The zero-order valence-electron chi connectivity index (χ0n) is 33.9. The van der Waals surface area contributed by atoms with Gasteiger partial charge in [-0.1, -0.05) is 90.1 Å². The molecule has 1 aliphatic heterocycles. The number of aromatic nitrogens is 1. The molecule has 1 aromatic heterocycles. The summed E-state index contributed by atoms with van der Waals surface area (Å²) < 4.78 is 5.30. The molecule has 14 nitrogen and oxygen atoms in total. The van der Waals surface area contributed by atoms with Gasteiger partial charge in [0, 0.05) is 50.5 Å². The van der Waals surface area contributed by atoms with Gasteiger partial charge in [-0.25, -0.2) is 14.6 Å². The maximum absolute atomic E-state index is 14.5. The molecule has 5 N–H and O–H groups in total. The molecule has 1 aliphatic rings. The number of pyridine rings is 1. The fourth-order valence-corrected chi connectivity index (χ4v) is 6.93. The van der Waals surface area contributed by atoms with Crippen LogP contribution in [0.1, 0.15) is 64.1 Å². The smallest absolute Gasteiger partial charge is 0.405 e. The summed E-state index contributed by atoms with van der Waals surface area (Å²) in [5.74, 6) is -0.366. The first-order valence-electron chi connectivity index (χ1n) is 19.0. The van der Waals surface area contributed by atoms with Crippen molar-refractivity contribution in [3.63, 3.8) is 0 Å². The summed E-state index contributed by atoms with van der Waals surface area (Å²) in [6, 6.07) is 19.4. The van der Waals surface area contributed by atoms with Gasteiger partial charge in [-0.3, -0.25) is 20.0 Å². The van der Waals surface area contributed by atoms with Gasteiger partial charge in [-0.05, 0) is 59.6 Å². The molecule has 4 rings (SSSR count). The van der Waals surface area contributed by atoms with E-state index in [1.807, 2.05) is 88.4 Å². The van der Waals surface area contributed by atoms with Crippen molar-refractivity contribution in [1.29, 1.82) is 0 Å². The Balaban J connectivity index is 1.59. The minimum Gasteiger partial charge on any atom is -0.497 e. The van der Waals surface area contributed by atoms with Crippen molar-refractivity contribution < 1.29 is 34.1 Å². The lowest BCUT2D eigenvalue weighted by Crippen LogP contribution is -2.61. The number of methoxy groups -OCH3 is 1. The summed E-state index contributed by atoms with van der Waals surface area (Å²) in [4.78, 5) is 61.6. The molecule has 0 bridgehead atoms. The number of aliphatic hydroxyl groups is 1. The summed E-state index contributed by atoms with van der Waals surface area (Å²) in [7, 11) is 1.56. The van der Waals surface area contributed by atoms with E-state index in [-0.39, 0.29) is 25.5 Å². The molecule has 3 aromatic rings. The Hall–Kier alpha value is -5.21. The number of amides is 5. The molecule has 2 aromatic carbocycles. The van der Waals surface area contributed by atoms with Gasteiger partial charge in [0.2, 0.25) is 5.91 Å². The lowest BCUT2D eigenvalue weighted by Gasteiger charge is -2.38. The van der Waals surface area contributed by atoms with Crippen molar-refractivity contribution in [2.75, 3.05) is 33.3 Å². The number of carbonyl (C=O) groups is 4. The molecule has 56 heavy (non-hydrogen) atoms. The van der Waals surface area contributed by atoms with E-state index in [1.54, 1.807) is 49.8 Å². The van der Waals surface area contributed by atoms with Crippen LogP contribution in [0.2, 0.25) is 0 Å². The topological polar surface area (TPSA) is 177 Å². The highest BCUT2D eigenvalue weighted by Crippen LogP contribution is 2.29. The van der Waals surface area contributed by atoms with Crippen LogP contribution in [0.3, 0.4) is 0 Å². The van der Waals surface area contributed by atoms with E-state index < -0.39 is 53.0 Å². The van der Waals surface area contributed by atoms with Crippen molar-refractivity contribution in [1.82, 2.24) is 35.9 Å². The number of rotatable bonds is 17. The Labute approximate surface area is 330 Å². The zero-order valence-corrected chi connectivity index (χ0v) is 33.9. The van der Waals surface area contributed by atoms with E-state index in [9.17, 15) is 29.4 Å². The van der Waals surface area contributed by atoms with E-state index in [0.717, 1.165) is 22.5 Å². The molecular formula is C42H59N7O7. The summed E-state index contributed by atoms with van der Waals surface area (Å²) >= 11 is 0. The lowest BCUT2D eigenvalue weighted by atomic mass is 9.84. The molecule has 14 heteroatoms. The van der Waals surface area contributed by atoms with Crippen LogP contribution in [0.15, 0.2) is 72.8 Å². The van der Waals surface area contributed by atoms with Crippen molar-refractivity contribution in [3.8, 4) is 5.75 Å². The van der Waals surface area contributed by atoms with Crippen LogP contribution >= 0.6 is 0 Å². The third-order valence-corrected chi connectivity index (χ3v) is 9.79. The number of hydrazine groups is 1. The molecule has 0 spiro atoms. The molecule has 0 aliphatic carbocycles. The van der Waals surface area contributed by atoms with Gasteiger partial charge in [-0.2, -0.15) is 0 Å². The molecule has 2 heterocycles. The number of hydrogen-bond acceptors (Lipinski definition) is 8. The predicted octanol–water partition coefficient (Wildman–Crippen LogP) is 4.40. The summed E-state index contributed by atoms with van der Waals surface area (Å²) in [6.07, 6.45) is -1.73. The normalized spacial score (nSPS) is 15.6. The van der Waals surface area contributed by atoms with Gasteiger partial charge in [0.25, 0.3) is 5.91 Å². The van der Waals surface area contributed by atoms with E-state index in [2.05, 4.69) is 21.0 Å². The predicted molar refractivity (Wildman–Crippen MR) is 214 cm³/mol. The Kier molecular flexibility index (Phi) is 14.8. The average Bonchev–Trinajstić information content (AvgIpc) is 3.47. The van der Waals surface area contributed by atoms with Gasteiger partial charge in [0.15, 0.2) is 0 Å². The van der Waals surface area contributed by atoms with Crippen LogP contribution < -0.4 is 20.8 Å². The van der Waals surface area contributed by atoms with E-state index in [1.165, 1.54) is 5.01 Å². The van der Waals surface area contributed by atoms with Gasteiger partial charge in [-0.15, -0.1) is 0 Å². The Bertz CT molecular complexity index is 1780. The maximum Gasteiger partial charge on any atom is 0.405 e. The first-order valence-corrected chi connectivity index (χ1v) is 19.0. The largest absolute Gasteiger partial charge is 0.497 e. The highest BCUT2D eigenvalue weighted by Gasteiger charge is 2.44. The number of hydrogen-bond donors (Lipinski definition) is 5. The van der Waals surface area contributed by atoms with E-state index in [4.69, 9.17) is 4.74 Å². The second kappa shape index (κ2) is 19.1. The average molecular weight is 774 g/mol. The standard InChI is InChI=1S/C42H59N7O7/c1-28-13-12-16-31(43-28)21-22-47-23-24-49(40(47)55)36(42(5,6)7)38(52)44-33(25-29-14-10-9-11-15-29)34(50)27-48(26-30-17-19-32(56-8)20-18-30)46-37(51)35(41(2,3)4)45-39(53)54/h9-20,33-36,45,50H,21-27H2,1-8H3,(H,44,52)(H,46,51)(H,53,54)/t33-,34+,35-,36-/m1/s1. The van der Waals surface area contributed by atoms with Gasteiger partial charge in [0.1, 0.15) is 17.8 Å². The molecule has 1 saturated heterocycles. The van der Waals surface area contributed by atoms with Crippen molar-refractivity contribution in [3.05, 3.63) is 95.3 Å². The van der Waals surface area contributed by atoms with Gasteiger partial charge >= 0.3 is 12.1 Å². The quantitative estimate of drug-likeness (QED) is 0.125. The van der Waals surface area contributed by atoms with E-state index in [0.29, 0.717) is 31.8 Å². The van der Waals surface area contributed by atoms with Crippen LogP contribution in [0.4, 0.5) is 9.59 Å². The molecule has 5 amide bonds. The van der Waals surface area contributed by atoms with Crippen LogP contribution in [0, 0.1) is 17.8 Å². The molecular weight excluding hydrogens is 715 g/mol. The van der Waals surface area contributed by atoms with Crippen molar-refractivity contribution in [2.45, 2.75) is 92.1 Å².